The quantitative estimate of drug-likeness (QED) is 0.479. The fourth-order valence-electron chi connectivity index (χ4n) is 2.73. The number of thioether (sulfide) groups is 1. The lowest BCUT2D eigenvalue weighted by atomic mass is 10.0. The number of ether oxygens (including phenoxy) is 3. The molecule has 1 aromatic heterocycles. The van der Waals surface area contributed by atoms with Gasteiger partial charge in [-0.1, -0.05) is 32.0 Å². The summed E-state index contributed by atoms with van der Waals surface area (Å²) >= 11 is 1.71. The second kappa shape index (κ2) is 12.1. The molecule has 0 saturated carbocycles. The van der Waals surface area contributed by atoms with Crippen molar-refractivity contribution in [2.75, 3.05) is 20.5 Å². The van der Waals surface area contributed by atoms with Gasteiger partial charge in [-0.3, -0.25) is 0 Å². The second-order valence-corrected chi connectivity index (χ2v) is 6.96. The van der Waals surface area contributed by atoms with E-state index in [4.69, 9.17) is 14.2 Å². The molecule has 3 aromatic rings. The summed E-state index contributed by atoms with van der Waals surface area (Å²) in [5.74, 6) is 1.70. The molecular formula is C24H29NO4S. The first-order chi connectivity index (χ1) is 14.6. The van der Waals surface area contributed by atoms with Crippen molar-refractivity contribution in [1.82, 2.24) is 4.98 Å². The summed E-state index contributed by atoms with van der Waals surface area (Å²) in [5, 5.41) is 10.6. The van der Waals surface area contributed by atoms with Crippen LogP contribution in [0.2, 0.25) is 0 Å². The van der Waals surface area contributed by atoms with Crippen LogP contribution >= 0.6 is 11.8 Å². The lowest BCUT2D eigenvalue weighted by molar-refractivity contribution is 0.218. The Kier molecular flexibility index (Phi) is 9.51. The fraction of sp³-hybridized carbons (Fsp3) is 0.292. The van der Waals surface area contributed by atoms with Crippen molar-refractivity contribution in [3.05, 3.63) is 77.5 Å². The largest absolute Gasteiger partial charge is 0.493 e. The van der Waals surface area contributed by atoms with Gasteiger partial charge in [0, 0.05) is 22.7 Å². The third kappa shape index (κ3) is 6.15. The molecule has 0 fully saturated rings. The fourth-order valence-corrected chi connectivity index (χ4v) is 3.14. The standard InChI is InChI=1S/C22H23NO4S.C2H6/c1-25-19-10-6-16(12-20(19)26-2)22(24)17-7-11-21(23-13-17)27-14-15-4-8-18(28-3)9-5-15;1-2/h4-13,22,24H,14H2,1-3H3;1-2H3. The van der Waals surface area contributed by atoms with Gasteiger partial charge in [-0.25, -0.2) is 4.98 Å². The molecule has 0 spiro atoms. The molecule has 1 atom stereocenters. The van der Waals surface area contributed by atoms with Gasteiger partial charge in [0.05, 0.1) is 14.2 Å². The van der Waals surface area contributed by atoms with E-state index in [1.54, 1.807) is 62.5 Å². The summed E-state index contributed by atoms with van der Waals surface area (Å²) in [6.07, 6.45) is 2.85. The van der Waals surface area contributed by atoms with E-state index >= 15 is 0 Å². The number of pyridine rings is 1. The maximum absolute atomic E-state index is 10.6. The number of nitrogens with zero attached hydrogens (tertiary/aromatic N) is 1. The monoisotopic (exact) mass is 427 g/mol. The molecule has 160 valence electrons. The molecule has 3 rings (SSSR count). The van der Waals surface area contributed by atoms with Crippen LogP contribution in [-0.4, -0.2) is 30.6 Å². The van der Waals surface area contributed by atoms with Crippen molar-refractivity contribution in [3.8, 4) is 17.4 Å². The van der Waals surface area contributed by atoms with Crippen molar-refractivity contribution in [1.29, 1.82) is 0 Å². The van der Waals surface area contributed by atoms with Crippen LogP contribution < -0.4 is 14.2 Å². The third-order valence-electron chi connectivity index (χ3n) is 4.34. The van der Waals surface area contributed by atoms with Crippen LogP contribution in [0.5, 0.6) is 17.4 Å². The first kappa shape index (κ1) is 23.6. The number of aromatic nitrogens is 1. The van der Waals surface area contributed by atoms with Crippen LogP contribution in [0.1, 0.15) is 36.6 Å². The maximum Gasteiger partial charge on any atom is 0.213 e. The van der Waals surface area contributed by atoms with E-state index in [9.17, 15) is 5.11 Å². The minimum Gasteiger partial charge on any atom is -0.493 e. The van der Waals surface area contributed by atoms with Gasteiger partial charge in [0.1, 0.15) is 12.7 Å². The molecule has 1 N–H and O–H groups in total. The van der Waals surface area contributed by atoms with Gasteiger partial charge < -0.3 is 19.3 Å². The zero-order chi connectivity index (χ0) is 21.9. The molecule has 1 heterocycles. The van der Waals surface area contributed by atoms with Gasteiger partial charge in [0.25, 0.3) is 0 Å². The Morgan fingerprint density at radius 3 is 2.13 bits per heavy atom. The zero-order valence-corrected chi connectivity index (χ0v) is 18.9. The van der Waals surface area contributed by atoms with E-state index in [1.165, 1.54) is 4.90 Å². The number of rotatable bonds is 8. The van der Waals surface area contributed by atoms with E-state index in [0.29, 0.717) is 35.1 Å². The highest BCUT2D eigenvalue weighted by Gasteiger charge is 2.14. The van der Waals surface area contributed by atoms with Crippen LogP contribution in [0.3, 0.4) is 0 Å². The van der Waals surface area contributed by atoms with Crippen molar-refractivity contribution in [2.24, 2.45) is 0 Å². The number of methoxy groups -OCH3 is 2. The van der Waals surface area contributed by atoms with Gasteiger partial charge in [-0.15, -0.1) is 11.8 Å². The molecule has 30 heavy (non-hydrogen) atoms. The Morgan fingerprint density at radius 1 is 0.900 bits per heavy atom. The average molecular weight is 428 g/mol. The van der Waals surface area contributed by atoms with Gasteiger partial charge in [-0.05, 0) is 47.7 Å². The lowest BCUT2D eigenvalue weighted by Crippen LogP contribution is -2.03. The number of hydrogen-bond acceptors (Lipinski definition) is 6. The highest BCUT2D eigenvalue weighted by atomic mass is 32.2. The van der Waals surface area contributed by atoms with Gasteiger partial charge >= 0.3 is 0 Å². The van der Waals surface area contributed by atoms with E-state index < -0.39 is 6.10 Å². The minimum absolute atomic E-state index is 0.444. The van der Waals surface area contributed by atoms with Crippen molar-refractivity contribution < 1.29 is 19.3 Å². The lowest BCUT2D eigenvalue weighted by Gasteiger charge is -2.15. The molecule has 1 unspecified atom stereocenters. The summed E-state index contributed by atoms with van der Waals surface area (Å²) in [6, 6.07) is 17.1. The van der Waals surface area contributed by atoms with Crippen LogP contribution in [-0.2, 0) is 6.61 Å². The van der Waals surface area contributed by atoms with Crippen molar-refractivity contribution in [2.45, 2.75) is 31.5 Å². The van der Waals surface area contributed by atoms with E-state index in [1.807, 2.05) is 32.2 Å². The van der Waals surface area contributed by atoms with Crippen LogP contribution in [0.15, 0.2) is 65.7 Å². The molecular weight excluding hydrogens is 398 g/mol. The summed E-state index contributed by atoms with van der Waals surface area (Å²) in [6.45, 7) is 4.44. The molecule has 0 aliphatic rings. The van der Waals surface area contributed by atoms with Crippen LogP contribution in [0.25, 0.3) is 0 Å². The third-order valence-corrected chi connectivity index (χ3v) is 5.09. The summed E-state index contributed by atoms with van der Waals surface area (Å²) in [5.41, 5.74) is 2.44. The number of aliphatic hydroxyl groups is 1. The molecule has 6 heteroatoms. The summed E-state index contributed by atoms with van der Waals surface area (Å²) in [4.78, 5) is 5.53. The molecule has 0 aliphatic heterocycles. The van der Waals surface area contributed by atoms with Gasteiger partial charge in [-0.2, -0.15) is 0 Å². The minimum atomic E-state index is -0.819. The maximum atomic E-state index is 10.6. The smallest absolute Gasteiger partial charge is 0.213 e. The molecule has 0 bridgehead atoms. The molecule has 0 saturated heterocycles. The predicted octanol–water partition coefficient (Wildman–Crippen LogP) is 5.51. The van der Waals surface area contributed by atoms with E-state index in [-0.39, 0.29) is 0 Å². The Labute approximate surface area is 183 Å². The molecule has 0 amide bonds. The van der Waals surface area contributed by atoms with Crippen molar-refractivity contribution in [3.63, 3.8) is 0 Å². The Balaban J connectivity index is 0.00000155. The Bertz CT molecular complexity index is 898. The summed E-state index contributed by atoms with van der Waals surface area (Å²) < 4.78 is 16.3. The molecule has 5 nitrogen and oxygen atoms in total. The topological polar surface area (TPSA) is 60.8 Å². The Morgan fingerprint density at radius 2 is 1.57 bits per heavy atom. The van der Waals surface area contributed by atoms with Gasteiger partial charge in [0.2, 0.25) is 5.88 Å². The predicted molar refractivity (Wildman–Crippen MR) is 122 cm³/mol. The van der Waals surface area contributed by atoms with Crippen LogP contribution in [0.4, 0.5) is 0 Å². The summed E-state index contributed by atoms with van der Waals surface area (Å²) in [7, 11) is 3.14. The molecule has 2 aromatic carbocycles. The molecule has 0 radical (unpaired) electrons. The highest BCUT2D eigenvalue weighted by molar-refractivity contribution is 7.98. The van der Waals surface area contributed by atoms with Gasteiger partial charge in [0.15, 0.2) is 11.5 Å². The zero-order valence-electron chi connectivity index (χ0n) is 18.1. The van der Waals surface area contributed by atoms with E-state index in [2.05, 4.69) is 17.1 Å². The first-order valence-electron chi connectivity index (χ1n) is 9.76. The molecule has 0 aliphatic carbocycles. The second-order valence-electron chi connectivity index (χ2n) is 6.08. The first-order valence-corrected chi connectivity index (χ1v) is 11.0. The van der Waals surface area contributed by atoms with Crippen molar-refractivity contribution >= 4 is 11.8 Å². The number of hydrogen-bond donors (Lipinski definition) is 1. The highest BCUT2D eigenvalue weighted by Crippen LogP contribution is 2.32. The van der Waals surface area contributed by atoms with Crippen LogP contribution in [0, 0.1) is 0 Å². The number of benzene rings is 2. The van der Waals surface area contributed by atoms with E-state index in [0.717, 1.165) is 5.56 Å². The SMILES string of the molecule is CC.COc1ccc(C(O)c2ccc(OCc3ccc(SC)cc3)nc2)cc1OC. The average Bonchev–Trinajstić information content (AvgIpc) is 2.83. The number of aliphatic hydroxyl groups excluding tert-OH is 1. The Hall–Kier alpha value is -2.70. The normalized spacial score (nSPS) is 11.1.